The molecule has 0 aliphatic heterocycles. The largest absolute Gasteiger partial charge is 0.466 e. The molecule has 0 fully saturated rings. The molecular formula is C15H28Br2O2. The number of hydrogen-bond donors (Lipinski definition) is 0. The topological polar surface area (TPSA) is 26.3 Å². The van der Waals surface area contributed by atoms with E-state index in [9.17, 15) is 4.79 Å². The fourth-order valence-electron chi connectivity index (χ4n) is 1.88. The van der Waals surface area contributed by atoms with Crippen molar-refractivity contribution in [2.75, 3.05) is 17.3 Å². The van der Waals surface area contributed by atoms with Gasteiger partial charge >= 0.3 is 5.97 Å². The van der Waals surface area contributed by atoms with Crippen LogP contribution in [0, 0.1) is 0 Å². The molecule has 19 heavy (non-hydrogen) atoms. The maximum absolute atomic E-state index is 11.4. The van der Waals surface area contributed by atoms with Crippen LogP contribution in [0.4, 0.5) is 0 Å². The van der Waals surface area contributed by atoms with Gasteiger partial charge in [0.15, 0.2) is 0 Å². The van der Waals surface area contributed by atoms with E-state index < -0.39 is 0 Å². The van der Waals surface area contributed by atoms with Crippen LogP contribution in [0.1, 0.15) is 70.6 Å². The van der Waals surface area contributed by atoms with Gasteiger partial charge in [0.1, 0.15) is 0 Å². The van der Waals surface area contributed by atoms with Gasteiger partial charge in [-0.1, -0.05) is 70.4 Å². The predicted octanol–water partition coefficient (Wildman–Crippen LogP) is 5.61. The molecule has 0 N–H and O–H groups in total. The van der Waals surface area contributed by atoms with Gasteiger partial charge in [0.2, 0.25) is 0 Å². The average molecular weight is 400 g/mol. The van der Waals surface area contributed by atoms with E-state index >= 15 is 0 Å². The van der Waals surface area contributed by atoms with Gasteiger partial charge in [-0.05, 0) is 25.7 Å². The number of carbonyl (C=O) groups is 1. The molecule has 0 radical (unpaired) electrons. The summed E-state index contributed by atoms with van der Waals surface area (Å²) < 4.78 is 5.22. The van der Waals surface area contributed by atoms with Crippen molar-refractivity contribution >= 4 is 37.8 Å². The lowest BCUT2D eigenvalue weighted by Crippen LogP contribution is -2.05. The maximum atomic E-state index is 11.4. The second-order valence-corrected chi connectivity index (χ2v) is 6.47. The third-order valence-electron chi connectivity index (χ3n) is 3.06. The minimum atomic E-state index is -0.0156. The zero-order chi connectivity index (χ0) is 14.2. The number of unbranched alkanes of at least 4 members (excludes halogenated alkanes) is 8. The van der Waals surface area contributed by atoms with E-state index in [4.69, 9.17) is 4.74 Å². The van der Waals surface area contributed by atoms with Crippen LogP contribution in [0.5, 0.6) is 0 Å². The third-order valence-corrected chi connectivity index (χ3v) is 4.18. The summed E-state index contributed by atoms with van der Waals surface area (Å²) in [5, 5.41) is 2.17. The highest BCUT2D eigenvalue weighted by Gasteiger charge is 2.02. The summed E-state index contributed by atoms with van der Waals surface area (Å²) in [5.41, 5.74) is 0. The summed E-state index contributed by atoms with van der Waals surface area (Å²) in [6.45, 7) is 0.610. The Balaban J connectivity index is 3.12. The molecule has 0 heterocycles. The molecule has 0 aromatic heterocycles. The molecule has 0 saturated carbocycles. The molecule has 0 rings (SSSR count). The first-order valence-electron chi connectivity index (χ1n) is 7.58. The Morgan fingerprint density at radius 3 is 1.74 bits per heavy atom. The normalized spacial score (nSPS) is 10.6. The summed E-state index contributed by atoms with van der Waals surface area (Å²) in [6.07, 6.45) is 12.4. The highest BCUT2D eigenvalue weighted by molar-refractivity contribution is 9.09. The number of hydrogen-bond acceptors (Lipinski definition) is 2. The summed E-state index contributed by atoms with van der Waals surface area (Å²) in [5.74, 6) is -0.0156. The number of esters is 1. The van der Waals surface area contributed by atoms with Crippen LogP contribution in [0.3, 0.4) is 0 Å². The maximum Gasteiger partial charge on any atom is 0.305 e. The van der Waals surface area contributed by atoms with Crippen LogP contribution in [-0.4, -0.2) is 23.2 Å². The lowest BCUT2D eigenvalue weighted by Gasteiger charge is -2.05. The monoisotopic (exact) mass is 398 g/mol. The predicted molar refractivity (Wildman–Crippen MR) is 89.3 cm³/mol. The quantitative estimate of drug-likeness (QED) is 0.215. The van der Waals surface area contributed by atoms with Gasteiger partial charge in [-0.2, -0.15) is 0 Å². The van der Waals surface area contributed by atoms with Crippen LogP contribution in [0.25, 0.3) is 0 Å². The molecular weight excluding hydrogens is 372 g/mol. The van der Waals surface area contributed by atoms with Crippen molar-refractivity contribution in [3.8, 4) is 0 Å². The summed E-state index contributed by atoms with van der Waals surface area (Å²) >= 11 is 6.84. The van der Waals surface area contributed by atoms with Crippen LogP contribution >= 0.6 is 31.9 Å². The second kappa shape index (κ2) is 16.5. The van der Waals surface area contributed by atoms with Crippen molar-refractivity contribution in [3.63, 3.8) is 0 Å². The molecule has 0 spiro atoms. The SMILES string of the molecule is O=C(CCCCCCBr)OCCCCCCCCBr. The number of ether oxygens (including phenoxy) is 1. The van der Waals surface area contributed by atoms with E-state index in [0.29, 0.717) is 13.0 Å². The van der Waals surface area contributed by atoms with E-state index in [1.54, 1.807) is 0 Å². The lowest BCUT2D eigenvalue weighted by atomic mass is 10.1. The van der Waals surface area contributed by atoms with Crippen molar-refractivity contribution in [3.05, 3.63) is 0 Å². The summed E-state index contributed by atoms with van der Waals surface area (Å²) in [4.78, 5) is 11.4. The van der Waals surface area contributed by atoms with Gasteiger partial charge in [0.05, 0.1) is 6.61 Å². The van der Waals surface area contributed by atoms with Crippen molar-refractivity contribution < 1.29 is 9.53 Å². The van der Waals surface area contributed by atoms with Crippen LogP contribution in [0.2, 0.25) is 0 Å². The molecule has 0 aliphatic carbocycles. The van der Waals surface area contributed by atoms with E-state index in [1.165, 1.54) is 44.9 Å². The summed E-state index contributed by atoms with van der Waals surface area (Å²) in [6, 6.07) is 0. The molecule has 0 aliphatic rings. The number of rotatable bonds is 14. The first-order valence-corrected chi connectivity index (χ1v) is 9.83. The van der Waals surface area contributed by atoms with Crippen LogP contribution < -0.4 is 0 Å². The summed E-state index contributed by atoms with van der Waals surface area (Å²) in [7, 11) is 0. The van der Waals surface area contributed by atoms with Crippen molar-refractivity contribution in [1.29, 1.82) is 0 Å². The fourth-order valence-corrected chi connectivity index (χ4v) is 2.67. The van der Waals surface area contributed by atoms with E-state index in [2.05, 4.69) is 31.9 Å². The molecule has 0 aromatic rings. The van der Waals surface area contributed by atoms with Crippen LogP contribution in [-0.2, 0) is 9.53 Å². The van der Waals surface area contributed by atoms with Crippen molar-refractivity contribution in [1.82, 2.24) is 0 Å². The van der Waals surface area contributed by atoms with Crippen molar-refractivity contribution in [2.45, 2.75) is 70.6 Å². The molecule has 0 amide bonds. The Kier molecular flexibility index (Phi) is 16.9. The molecule has 0 saturated heterocycles. The van der Waals surface area contributed by atoms with Crippen LogP contribution in [0.15, 0.2) is 0 Å². The van der Waals surface area contributed by atoms with E-state index in [1.807, 2.05) is 0 Å². The van der Waals surface area contributed by atoms with E-state index in [-0.39, 0.29) is 5.97 Å². The zero-order valence-electron chi connectivity index (χ0n) is 12.0. The minimum Gasteiger partial charge on any atom is -0.466 e. The standard InChI is InChI=1S/C15H28Br2O2/c16-12-8-4-1-2-6-10-14-19-15(18)11-7-3-5-9-13-17/h1-14H2. The lowest BCUT2D eigenvalue weighted by molar-refractivity contribution is -0.143. The Morgan fingerprint density at radius 1 is 0.684 bits per heavy atom. The van der Waals surface area contributed by atoms with Gasteiger partial charge in [0, 0.05) is 17.1 Å². The van der Waals surface area contributed by atoms with Gasteiger partial charge in [0.25, 0.3) is 0 Å². The Labute approximate surface area is 135 Å². The highest BCUT2D eigenvalue weighted by Crippen LogP contribution is 2.08. The van der Waals surface area contributed by atoms with Gasteiger partial charge in [-0.25, -0.2) is 0 Å². The van der Waals surface area contributed by atoms with Gasteiger partial charge < -0.3 is 4.74 Å². The number of carbonyl (C=O) groups excluding carboxylic acids is 1. The molecule has 0 atom stereocenters. The van der Waals surface area contributed by atoms with E-state index in [0.717, 1.165) is 29.9 Å². The molecule has 2 nitrogen and oxygen atoms in total. The molecule has 0 bridgehead atoms. The van der Waals surface area contributed by atoms with Crippen molar-refractivity contribution in [2.24, 2.45) is 0 Å². The minimum absolute atomic E-state index is 0.0156. The first kappa shape index (κ1) is 19.4. The average Bonchev–Trinajstić information content (AvgIpc) is 2.41. The Bertz CT molecular complexity index is 199. The molecule has 0 unspecified atom stereocenters. The number of alkyl halides is 2. The first-order chi connectivity index (χ1) is 9.31. The molecule has 4 heteroatoms. The number of halogens is 2. The second-order valence-electron chi connectivity index (χ2n) is 4.88. The smallest absolute Gasteiger partial charge is 0.305 e. The molecule has 114 valence electrons. The Hall–Kier alpha value is 0.430. The fraction of sp³-hybridized carbons (Fsp3) is 0.933. The Morgan fingerprint density at radius 2 is 1.16 bits per heavy atom. The zero-order valence-corrected chi connectivity index (χ0v) is 15.1. The van der Waals surface area contributed by atoms with Gasteiger partial charge in [-0.3, -0.25) is 4.79 Å². The third kappa shape index (κ3) is 16.4. The molecule has 0 aromatic carbocycles. The van der Waals surface area contributed by atoms with Gasteiger partial charge in [-0.15, -0.1) is 0 Å². The highest BCUT2D eigenvalue weighted by atomic mass is 79.9.